The second-order valence-electron chi connectivity index (χ2n) is 5.94. The Labute approximate surface area is 154 Å². The highest BCUT2D eigenvalue weighted by Crippen LogP contribution is 2.31. The van der Waals surface area contributed by atoms with E-state index >= 15 is 0 Å². The second kappa shape index (κ2) is 6.90. The number of H-pyrrole nitrogens is 1. The molecule has 6 heteroatoms. The summed E-state index contributed by atoms with van der Waals surface area (Å²) in [7, 11) is 0. The average Bonchev–Trinajstić information content (AvgIpc) is 2.94. The van der Waals surface area contributed by atoms with Crippen LogP contribution in [0.1, 0.15) is 33.8 Å². The molecule has 0 saturated carbocycles. The smallest absolute Gasteiger partial charge is 0.311 e. The van der Waals surface area contributed by atoms with Crippen LogP contribution in [-0.2, 0) is 4.79 Å². The number of benzene rings is 2. The first-order valence-electron chi connectivity index (χ1n) is 7.65. The highest BCUT2D eigenvalue weighted by Gasteiger charge is 2.27. The molecule has 1 heterocycles. The Morgan fingerprint density at radius 1 is 1.16 bits per heavy atom. The van der Waals surface area contributed by atoms with Gasteiger partial charge < -0.3 is 10.1 Å². The van der Waals surface area contributed by atoms with Crippen LogP contribution in [0.2, 0.25) is 10.0 Å². The van der Waals surface area contributed by atoms with Crippen LogP contribution in [0, 0.1) is 6.92 Å². The van der Waals surface area contributed by atoms with Gasteiger partial charge in [-0.1, -0.05) is 34.8 Å². The molecule has 4 nitrogen and oxygen atoms in total. The maximum Gasteiger partial charge on any atom is 0.311 e. The van der Waals surface area contributed by atoms with Gasteiger partial charge in [0.25, 0.3) is 0 Å². The zero-order valence-electron chi connectivity index (χ0n) is 13.3. The standard InChI is InChI=1S/C19H15Cl2NO3/c1-10-2-5-17-13(6-10)15(9-22-17)14(19(24)25)8-18(23)12-4-3-11(20)7-16(12)21/h2-7,9,14,22H,8H2,1H3,(H,24,25). The molecule has 0 aliphatic carbocycles. The number of hydrogen-bond donors (Lipinski definition) is 2. The van der Waals surface area contributed by atoms with Gasteiger partial charge in [-0.2, -0.15) is 0 Å². The fourth-order valence-electron chi connectivity index (χ4n) is 2.89. The van der Waals surface area contributed by atoms with Crippen molar-refractivity contribution in [3.63, 3.8) is 0 Å². The number of halogens is 2. The zero-order valence-corrected chi connectivity index (χ0v) is 14.9. The van der Waals surface area contributed by atoms with Gasteiger partial charge in [0.1, 0.15) is 0 Å². The highest BCUT2D eigenvalue weighted by atomic mass is 35.5. The van der Waals surface area contributed by atoms with Crippen LogP contribution in [-0.4, -0.2) is 21.8 Å². The van der Waals surface area contributed by atoms with Gasteiger partial charge in [0, 0.05) is 34.1 Å². The van der Waals surface area contributed by atoms with Crippen LogP contribution < -0.4 is 0 Å². The fraction of sp³-hybridized carbons (Fsp3) is 0.158. The van der Waals surface area contributed by atoms with E-state index in [1.165, 1.54) is 12.1 Å². The van der Waals surface area contributed by atoms with Crippen LogP contribution in [0.15, 0.2) is 42.6 Å². The van der Waals surface area contributed by atoms with Crippen molar-refractivity contribution >= 4 is 45.9 Å². The Bertz CT molecular complexity index is 978. The SMILES string of the molecule is Cc1ccc2[nH]cc(C(CC(=O)c3ccc(Cl)cc3Cl)C(=O)O)c2c1. The van der Waals surface area contributed by atoms with Crippen LogP contribution in [0.4, 0.5) is 0 Å². The molecular formula is C19H15Cl2NO3. The number of aromatic amines is 1. The predicted octanol–water partition coefficient (Wildman–Crippen LogP) is 5.22. The largest absolute Gasteiger partial charge is 0.481 e. The number of nitrogens with one attached hydrogen (secondary N) is 1. The third-order valence-electron chi connectivity index (χ3n) is 4.16. The van der Waals surface area contributed by atoms with Crippen LogP contribution in [0.3, 0.4) is 0 Å². The van der Waals surface area contributed by atoms with E-state index in [0.717, 1.165) is 16.5 Å². The number of aromatic nitrogens is 1. The number of carboxylic acids is 1. The van der Waals surface area contributed by atoms with E-state index < -0.39 is 11.9 Å². The van der Waals surface area contributed by atoms with E-state index in [-0.39, 0.29) is 22.8 Å². The number of hydrogen-bond acceptors (Lipinski definition) is 2. The molecule has 0 spiro atoms. The Morgan fingerprint density at radius 2 is 1.92 bits per heavy atom. The van der Waals surface area contributed by atoms with Crippen molar-refractivity contribution in [3.05, 3.63) is 69.3 Å². The molecule has 0 radical (unpaired) electrons. The molecule has 2 N–H and O–H groups in total. The number of Topliss-reactive ketones (excluding diaryl/α,β-unsaturated/α-hetero) is 1. The van der Waals surface area contributed by atoms with Crippen molar-refractivity contribution in [3.8, 4) is 0 Å². The lowest BCUT2D eigenvalue weighted by Gasteiger charge is -2.12. The summed E-state index contributed by atoms with van der Waals surface area (Å²) in [6.45, 7) is 1.94. The van der Waals surface area contributed by atoms with Gasteiger partial charge in [0.15, 0.2) is 5.78 Å². The number of aliphatic carboxylic acids is 1. The summed E-state index contributed by atoms with van der Waals surface area (Å²) in [6.07, 6.45) is 1.47. The minimum Gasteiger partial charge on any atom is -0.481 e. The Balaban J connectivity index is 1.97. The van der Waals surface area contributed by atoms with E-state index in [0.29, 0.717) is 10.6 Å². The number of fused-ring (bicyclic) bond motifs is 1. The van der Waals surface area contributed by atoms with E-state index in [2.05, 4.69) is 4.98 Å². The van der Waals surface area contributed by atoms with Crippen molar-refractivity contribution in [2.45, 2.75) is 19.3 Å². The van der Waals surface area contributed by atoms with Crippen molar-refractivity contribution in [1.82, 2.24) is 4.98 Å². The molecule has 0 aliphatic heterocycles. The first-order chi connectivity index (χ1) is 11.9. The number of rotatable bonds is 5. The minimum absolute atomic E-state index is 0.183. The first kappa shape index (κ1) is 17.5. The van der Waals surface area contributed by atoms with E-state index in [4.69, 9.17) is 23.2 Å². The molecule has 1 aromatic heterocycles. The molecule has 0 fully saturated rings. The Hall–Kier alpha value is -2.30. The molecule has 1 atom stereocenters. The first-order valence-corrected chi connectivity index (χ1v) is 8.41. The summed E-state index contributed by atoms with van der Waals surface area (Å²) in [5.74, 6) is -2.35. The summed E-state index contributed by atoms with van der Waals surface area (Å²) in [4.78, 5) is 27.5. The van der Waals surface area contributed by atoms with Crippen molar-refractivity contribution in [2.24, 2.45) is 0 Å². The maximum absolute atomic E-state index is 12.6. The third-order valence-corrected chi connectivity index (χ3v) is 4.71. The summed E-state index contributed by atoms with van der Waals surface area (Å²) in [5, 5.41) is 11.1. The van der Waals surface area contributed by atoms with Gasteiger partial charge in [-0.15, -0.1) is 0 Å². The predicted molar refractivity (Wildman–Crippen MR) is 98.8 cm³/mol. The fourth-order valence-corrected chi connectivity index (χ4v) is 3.40. The number of carboxylic acid groups (broad SMARTS) is 1. The summed E-state index contributed by atoms with van der Waals surface area (Å²) < 4.78 is 0. The van der Waals surface area contributed by atoms with Gasteiger partial charge >= 0.3 is 5.97 Å². The summed E-state index contributed by atoms with van der Waals surface area (Å²) >= 11 is 11.9. The minimum atomic E-state index is -1.05. The molecule has 3 aromatic rings. The molecule has 0 amide bonds. The lowest BCUT2D eigenvalue weighted by molar-refractivity contribution is -0.138. The van der Waals surface area contributed by atoms with E-state index in [1.54, 1.807) is 12.3 Å². The number of carbonyl (C=O) groups is 2. The molecule has 2 aromatic carbocycles. The van der Waals surface area contributed by atoms with Crippen molar-refractivity contribution < 1.29 is 14.7 Å². The van der Waals surface area contributed by atoms with Gasteiger partial charge in [0.2, 0.25) is 0 Å². The summed E-state index contributed by atoms with van der Waals surface area (Å²) in [5.41, 5.74) is 2.71. The van der Waals surface area contributed by atoms with Crippen LogP contribution in [0.5, 0.6) is 0 Å². The molecule has 25 heavy (non-hydrogen) atoms. The van der Waals surface area contributed by atoms with Crippen LogP contribution in [0.25, 0.3) is 10.9 Å². The molecule has 3 rings (SSSR count). The van der Waals surface area contributed by atoms with E-state index in [1.807, 2.05) is 25.1 Å². The average molecular weight is 376 g/mol. The third kappa shape index (κ3) is 3.55. The van der Waals surface area contributed by atoms with Crippen molar-refractivity contribution in [2.75, 3.05) is 0 Å². The zero-order chi connectivity index (χ0) is 18.1. The molecule has 0 bridgehead atoms. The maximum atomic E-state index is 12.6. The van der Waals surface area contributed by atoms with Crippen LogP contribution >= 0.6 is 23.2 Å². The Kier molecular flexibility index (Phi) is 4.84. The molecule has 0 aliphatic rings. The molecule has 128 valence electrons. The lowest BCUT2D eigenvalue weighted by atomic mass is 9.91. The number of carbonyl (C=O) groups excluding carboxylic acids is 1. The van der Waals surface area contributed by atoms with Gasteiger partial charge in [-0.3, -0.25) is 9.59 Å². The highest BCUT2D eigenvalue weighted by molar-refractivity contribution is 6.36. The van der Waals surface area contributed by atoms with Crippen molar-refractivity contribution in [1.29, 1.82) is 0 Å². The quantitative estimate of drug-likeness (QED) is 0.600. The second-order valence-corrected chi connectivity index (χ2v) is 6.78. The topological polar surface area (TPSA) is 70.2 Å². The van der Waals surface area contributed by atoms with Gasteiger partial charge in [-0.25, -0.2) is 0 Å². The van der Waals surface area contributed by atoms with E-state index in [9.17, 15) is 14.7 Å². The molecule has 0 saturated heterocycles. The lowest BCUT2D eigenvalue weighted by Crippen LogP contribution is -2.16. The van der Waals surface area contributed by atoms with Gasteiger partial charge in [0.05, 0.1) is 10.9 Å². The Morgan fingerprint density at radius 3 is 2.60 bits per heavy atom. The van der Waals surface area contributed by atoms with Gasteiger partial charge in [-0.05, 0) is 42.8 Å². The monoisotopic (exact) mass is 375 g/mol. The molecular weight excluding hydrogens is 361 g/mol. The molecule has 1 unspecified atom stereocenters. The summed E-state index contributed by atoms with van der Waals surface area (Å²) in [6, 6.07) is 10.3. The normalized spacial score (nSPS) is 12.3. The number of ketones is 1. The number of aryl methyl sites for hydroxylation is 1.